The maximum absolute atomic E-state index is 13.8. The van der Waals surface area contributed by atoms with Gasteiger partial charge in [-0.15, -0.1) is 0 Å². The molecule has 6 nitrogen and oxygen atoms in total. The van der Waals surface area contributed by atoms with E-state index in [1.807, 2.05) is 17.0 Å². The van der Waals surface area contributed by atoms with Crippen LogP contribution in [0.25, 0.3) is 0 Å². The Morgan fingerprint density at radius 3 is 2.44 bits per heavy atom. The van der Waals surface area contributed by atoms with Crippen LogP contribution < -0.4 is 0 Å². The van der Waals surface area contributed by atoms with Gasteiger partial charge in [0.15, 0.2) is 0 Å². The van der Waals surface area contributed by atoms with E-state index < -0.39 is 17.7 Å². The summed E-state index contributed by atoms with van der Waals surface area (Å²) in [4.78, 5) is 32.8. The highest BCUT2D eigenvalue weighted by molar-refractivity contribution is 6.30. The fourth-order valence-corrected chi connectivity index (χ4v) is 6.35. The van der Waals surface area contributed by atoms with Gasteiger partial charge in [-0.25, -0.2) is 0 Å². The van der Waals surface area contributed by atoms with Gasteiger partial charge < -0.3 is 5.11 Å². The Bertz CT molecular complexity index is 1070. The van der Waals surface area contributed by atoms with Crippen molar-refractivity contribution < 1.29 is 14.7 Å². The van der Waals surface area contributed by atoms with Crippen molar-refractivity contribution >= 4 is 23.4 Å². The van der Waals surface area contributed by atoms with Crippen molar-refractivity contribution in [3.05, 3.63) is 70.2 Å². The van der Waals surface area contributed by atoms with Gasteiger partial charge in [-0.1, -0.05) is 48.0 Å². The number of halogens is 1. The molecule has 0 aromatic heterocycles. The number of nitrogens with zero attached hydrogens (tertiary/aromatic N) is 3. The van der Waals surface area contributed by atoms with E-state index in [0.29, 0.717) is 37.1 Å². The Morgan fingerprint density at radius 2 is 1.75 bits per heavy atom. The lowest BCUT2D eigenvalue weighted by Crippen LogP contribution is -2.82. The molecule has 0 unspecified atom stereocenters. The molecule has 1 spiro atoms. The summed E-state index contributed by atoms with van der Waals surface area (Å²) >= 11 is 6.13. The summed E-state index contributed by atoms with van der Waals surface area (Å²) in [7, 11) is 0. The number of rotatable bonds is 3. The summed E-state index contributed by atoms with van der Waals surface area (Å²) in [5, 5.41) is 11.0. The number of hydrogen-bond donors (Lipinski definition) is 1. The van der Waals surface area contributed by atoms with E-state index in [4.69, 9.17) is 11.6 Å². The van der Waals surface area contributed by atoms with E-state index in [2.05, 4.69) is 29.2 Å². The number of amides is 2. The maximum Gasteiger partial charge on any atom is 0.252 e. The van der Waals surface area contributed by atoms with E-state index >= 15 is 0 Å². The molecule has 1 N–H and O–H groups in total. The first-order chi connectivity index (χ1) is 15.4. The molecule has 1 aliphatic carbocycles. The zero-order valence-corrected chi connectivity index (χ0v) is 18.5. The summed E-state index contributed by atoms with van der Waals surface area (Å²) in [6, 6.07) is 15.8. The van der Waals surface area contributed by atoms with Gasteiger partial charge in [0.05, 0.1) is 18.7 Å². The number of fused-ring (bicyclic) bond motifs is 3. The average molecular weight is 452 g/mol. The summed E-state index contributed by atoms with van der Waals surface area (Å²) in [6.07, 6.45) is 1.80. The highest BCUT2D eigenvalue weighted by Crippen LogP contribution is 2.43. The molecule has 166 valence electrons. The van der Waals surface area contributed by atoms with Gasteiger partial charge in [0.2, 0.25) is 5.91 Å². The van der Waals surface area contributed by atoms with Gasteiger partial charge in [-0.3, -0.25) is 24.3 Å². The molecule has 2 aromatic rings. The lowest BCUT2D eigenvalue weighted by Gasteiger charge is -2.60. The molecule has 2 aromatic carbocycles. The molecule has 0 bridgehead atoms. The van der Waals surface area contributed by atoms with Gasteiger partial charge in [-0.05, 0) is 48.1 Å². The molecule has 32 heavy (non-hydrogen) atoms. The number of carbonyl (C=O) groups is 2. The molecule has 0 radical (unpaired) electrons. The van der Waals surface area contributed by atoms with Crippen LogP contribution in [0.15, 0.2) is 48.5 Å². The summed E-state index contributed by atoms with van der Waals surface area (Å²) in [5.41, 5.74) is 2.88. The van der Waals surface area contributed by atoms with Gasteiger partial charge in [-0.2, -0.15) is 0 Å². The second kappa shape index (κ2) is 7.39. The quantitative estimate of drug-likeness (QED) is 0.722. The molecule has 7 heteroatoms. The van der Waals surface area contributed by atoms with Gasteiger partial charge in [0, 0.05) is 30.7 Å². The van der Waals surface area contributed by atoms with Crippen LogP contribution in [0, 0.1) is 0 Å². The van der Waals surface area contributed by atoms with Crippen LogP contribution in [-0.4, -0.2) is 75.0 Å². The molecule has 3 fully saturated rings. The van der Waals surface area contributed by atoms with Crippen molar-refractivity contribution in [2.45, 2.75) is 49.5 Å². The predicted molar refractivity (Wildman–Crippen MR) is 120 cm³/mol. The van der Waals surface area contributed by atoms with Gasteiger partial charge in [0.25, 0.3) is 5.91 Å². The first-order valence-electron chi connectivity index (χ1n) is 11.3. The zero-order chi connectivity index (χ0) is 22.0. The number of hydrogen-bond acceptors (Lipinski definition) is 5. The number of β-amino-alcohol motifs (C(OH)–C–C–N with tert-alkyl or cyclic N) is 1. The third-order valence-electron chi connectivity index (χ3n) is 7.73. The highest BCUT2D eigenvalue weighted by Gasteiger charge is 2.65. The van der Waals surface area contributed by atoms with Crippen LogP contribution in [0.3, 0.4) is 0 Å². The van der Waals surface area contributed by atoms with Crippen molar-refractivity contribution in [1.82, 2.24) is 14.7 Å². The number of imide groups is 1. The average Bonchev–Trinajstić information content (AvgIpc) is 3.34. The van der Waals surface area contributed by atoms with E-state index in [0.717, 1.165) is 18.4 Å². The molecule has 3 heterocycles. The molecule has 4 aliphatic rings. The Kier molecular flexibility index (Phi) is 4.70. The number of likely N-dealkylation sites (tertiary alicyclic amines) is 1. The Hall–Kier alpha value is -2.25. The Balaban J connectivity index is 1.26. The van der Waals surface area contributed by atoms with E-state index in [1.165, 1.54) is 16.0 Å². The Morgan fingerprint density at radius 1 is 1.03 bits per heavy atom. The van der Waals surface area contributed by atoms with Crippen LogP contribution in [0.1, 0.15) is 23.1 Å². The molecular weight excluding hydrogens is 426 g/mol. The lowest BCUT2D eigenvalue weighted by molar-refractivity contribution is -0.183. The molecule has 3 aliphatic heterocycles. The van der Waals surface area contributed by atoms with E-state index in [9.17, 15) is 14.7 Å². The number of benzene rings is 2. The smallest absolute Gasteiger partial charge is 0.252 e. The highest BCUT2D eigenvalue weighted by atomic mass is 35.5. The van der Waals surface area contributed by atoms with Crippen molar-refractivity contribution in [3.8, 4) is 0 Å². The fraction of sp³-hybridized carbons (Fsp3) is 0.440. The normalized spacial score (nSPS) is 27.6. The minimum Gasteiger partial charge on any atom is -0.392 e. The van der Waals surface area contributed by atoms with Crippen molar-refractivity contribution in [1.29, 1.82) is 0 Å². The van der Waals surface area contributed by atoms with E-state index in [1.54, 1.807) is 12.1 Å². The molecular formula is C25H26ClN3O3. The number of aliphatic hydroxyl groups excluding tert-OH is 1. The van der Waals surface area contributed by atoms with Crippen LogP contribution in [0.5, 0.6) is 0 Å². The number of carbonyl (C=O) groups excluding carboxylic acids is 2. The summed E-state index contributed by atoms with van der Waals surface area (Å²) in [6.45, 7) is 1.81. The van der Waals surface area contributed by atoms with Crippen molar-refractivity contribution in [2.75, 3.05) is 19.6 Å². The molecule has 2 amide bonds. The monoisotopic (exact) mass is 451 g/mol. The third kappa shape index (κ3) is 3.05. The first-order valence-corrected chi connectivity index (χ1v) is 11.7. The van der Waals surface area contributed by atoms with Crippen LogP contribution >= 0.6 is 11.6 Å². The predicted octanol–water partition coefficient (Wildman–Crippen LogP) is 1.87. The second-order valence-electron chi connectivity index (χ2n) is 9.68. The molecule has 2 atom stereocenters. The second-order valence-corrected chi connectivity index (χ2v) is 10.1. The van der Waals surface area contributed by atoms with Crippen LogP contribution in [-0.2, 0) is 29.0 Å². The third-order valence-corrected chi connectivity index (χ3v) is 7.96. The largest absolute Gasteiger partial charge is 0.392 e. The van der Waals surface area contributed by atoms with Crippen molar-refractivity contribution in [2.24, 2.45) is 0 Å². The Labute approximate surface area is 192 Å². The SMILES string of the molecule is O=C1[C@@H]2C[C@@H](O)CN2C2(CN(C3Cc4ccccc4C3)C2)C(=O)N1Cc1cccc(Cl)c1. The van der Waals surface area contributed by atoms with Crippen LogP contribution in [0.4, 0.5) is 0 Å². The van der Waals surface area contributed by atoms with E-state index in [-0.39, 0.29) is 18.4 Å². The van der Waals surface area contributed by atoms with Crippen LogP contribution in [0.2, 0.25) is 5.02 Å². The minimum absolute atomic E-state index is 0.139. The molecule has 6 rings (SSSR count). The minimum atomic E-state index is -0.733. The standard InChI is InChI=1S/C25H26ClN3O3/c26-19-7-3-4-16(8-19)12-28-23(31)22-11-21(30)13-29(22)25(24(28)32)14-27(15-25)20-9-17-5-1-2-6-18(17)10-20/h1-8,20-22,30H,9-15H2/t21-,22+/m1/s1. The first kappa shape index (κ1) is 20.4. The molecule has 3 saturated heterocycles. The zero-order valence-electron chi connectivity index (χ0n) is 17.8. The molecule has 0 saturated carbocycles. The van der Waals surface area contributed by atoms with Crippen molar-refractivity contribution in [3.63, 3.8) is 0 Å². The fourth-order valence-electron chi connectivity index (χ4n) is 6.14. The van der Waals surface area contributed by atoms with Gasteiger partial charge in [0.1, 0.15) is 5.54 Å². The van der Waals surface area contributed by atoms with Gasteiger partial charge >= 0.3 is 0 Å². The summed E-state index contributed by atoms with van der Waals surface area (Å²) in [5.74, 6) is -0.344. The topological polar surface area (TPSA) is 64.1 Å². The maximum atomic E-state index is 13.8. The summed E-state index contributed by atoms with van der Waals surface area (Å²) < 4.78 is 0. The lowest BCUT2D eigenvalue weighted by atomic mass is 9.81. The number of piperazine rings is 1. The number of aliphatic hydroxyl groups is 1.